The first-order valence-electron chi connectivity index (χ1n) is 8.59. The molecule has 0 spiro atoms. The number of ether oxygens (including phenoxy) is 1. The molecule has 0 radical (unpaired) electrons. The Morgan fingerprint density at radius 3 is 2.55 bits per heavy atom. The summed E-state index contributed by atoms with van der Waals surface area (Å²) in [5.74, 6) is 0.882. The number of hydrogen-bond donors (Lipinski definition) is 1. The SMILES string of the molecule is CCC1(C)CC(CN)(N(C)CC2CCCCC2)CCO1. The largest absolute Gasteiger partial charge is 0.375 e. The van der Waals surface area contributed by atoms with Crippen LogP contribution < -0.4 is 5.73 Å². The van der Waals surface area contributed by atoms with Crippen LogP contribution in [0.3, 0.4) is 0 Å². The van der Waals surface area contributed by atoms with Crippen molar-refractivity contribution in [1.29, 1.82) is 0 Å². The monoisotopic (exact) mass is 282 g/mol. The van der Waals surface area contributed by atoms with Gasteiger partial charge in [0, 0.05) is 25.2 Å². The van der Waals surface area contributed by atoms with Crippen molar-refractivity contribution in [1.82, 2.24) is 4.90 Å². The van der Waals surface area contributed by atoms with Gasteiger partial charge in [-0.25, -0.2) is 0 Å². The van der Waals surface area contributed by atoms with Gasteiger partial charge in [0.25, 0.3) is 0 Å². The third-order valence-corrected chi connectivity index (χ3v) is 5.92. The third-order valence-electron chi connectivity index (χ3n) is 5.92. The summed E-state index contributed by atoms with van der Waals surface area (Å²) in [5, 5.41) is 0. The molecule has 0 aromatic carbocycles. The van der Waals surface area contributed by atoms with E-state index in [1.165, 1.54) is 38.6 Å². The van der Waals surface area contributed by atoms with Crippen LogP contribution in [0.15, 0.2) is 0 Å². The van der Waals surface area contributed by atoms with Gasteiger partial charge in [-0.2, -0.15) is 0 Å². The van der Waals surface area contributed by atoms with Gasteiger partial charge < -0.3 is 10.5 Å². The van der Waals surface area contributed by atoms with Crippen LogP contribution in [0.2, 0.25) is 0 Å². The lowest BCUT2D eigenvalue weighted by atomic mass is 9.77. The highest BCUT2D eigenvalue weighted by molar-refractivity contribution is 5.00. The first-order valence-corrected chi connectivity index (χ1v) is 8.59. The van der Waals surface area contributed by atoms with Crippen LogP contribution in [0.4, 0.5) is 0 Å². The van der Waals surface area contributed by atoms with Gasteiger partial charge in [0.15, 0.2) is 0 Å². The molecule has 3 heteroatoms. The summed E-state index contributed by atoms with van der Waals surface area (Å²) in [4.78, 5) is 2.58. The molecule has 0 aromatic rings. The van der Waals surface area contributed by atoms with Crippen LogP contribution in [0.5, 0.6) is 0 Å². The minimum atomic E-state index is 0.0123. The van der Waals surface area contributed by atoms with Crippen LogP contribution in [0.25, 0.3) is 0 Å². The van der Waals surface area contributed by atoms with Crippen molar-refractivity contribution < 1.29 is 4.74 Å². The Morgan fingerprint density at radius 2 is 1.95 bits per heavy atom. The Balaban J connectivity index is 2.01. The quantitative estimate of drug-likeness (QED) is 0.841. The molecule has 1 saturated heterocycles. The predicted octanol–water partition coefficient (Wildman–Crippen LogP) is 3.18. The molecule has 0 bridgehead atoms. The second-order valence-corrected chi connectivity index (χ2v) is 7.39. The Kier molecular flexibility index (Phi) is 5.49. The second kappa shape index (κ2) is 6.76. The van der Waals surface area contributed by atoms with E-state index in [2.05, 4.69) is 25.8 Å². The molecule has 2 rings (SSSR count). The van der Waals surface area contributed by atoms with E-state index in [4.69, 9.17) is 10.5 Å². The zero-order chi connectivity index (χ0) is 14.6. The lowest BCUT2D eigenvalue weighted by Crippen LogP contribution is -2.60. The molecule has 1 aliphatic carbocycles. The van der Waals surface area contributed by atoms with Gasteiger partial charge in [-0.1, -0.05) is 26.2 Å². The number of hydrogen-bond acceptors (Lipinski definition) is 3. The maximum Gasteiger partial charge on any atom is 0.0670 e. The molecule has 2 atom stereocenters. The molecule has 118 valence electrons. The number of rotatable bonds is 5. The first-order chi connectivity index (χ1) is 9.53. The lowest BCUT2D eigenvalue weighted by molar-refractivity contribution is -0.127. The minimum Gasteiger partial charge on any atom is -0.375 e. The van der Waals surface area contributed by atoms with E-state index in [1.54, 1.807) is 0 Å². The van der Waals surface area contributed by atoms with Gasteiger partial charge in [-0.05, 0) is 52.0 Å². The fourth-order valence-corrected chi connectivity index (χ4v) is 4.16. The van der Waals surface area contributed by atoms with Crippen molar-refractivity contribution >= 4 is 0 Å². The summed E-state index contributed by atoms with van der Waals surface area (Å²) in [6.45, 7) is 7.32. The smallest absolute Gasteiger partial charge is 0.0670 e. The molecule has 1 heterocycles. The van der Waals surface area contributed by atoms with Crippen LogP contribution in [0.1, 0.15) is 65.2 Å². The number of nitrogens with zero attached hydrogens (tertiary/aromatic N) is 1. The van der Waals surface area contributed by atoms with Gasteiger partial charge in [-0.3, -0.25) is 4.90 Å². The van der Waals surface area contributed by atoms with E-state index in [0.717, 1.165) is 38.3 Å². The Hall–Kier alpha value is -0.120. The standard InChI is InChI=1S/C17H34N2O/c1-4-16(2)13-17(14-18,10-11-20-16)19(3)12-15-8-6-5-7-9-15/h15H,4-14,18H2,1-3H3. The lowest BCUT2D eigenvalue weighted by Gasteiger charge is -2.51. The van der Waals surface area contributed by atoms with Crippen LogP contribution in [0, 0.1) is 5.92 Å². The molecule has 2 unspecified atom stereocenters. The molecule has 20 heavy (non-hydrogen) atoms. The molecule has 2 aliphatic rings. The maximum atomic E-state index is 6.22. The zero-order valence-corrected chi connectivity index (χ0v) is 13.8. The highest BCUT2D eigenvalue weighted by atomic mass is 16.5. The molecule has 1 aliphatic heterocycles. The highest BCUT2D eigenvalue weighted by Gasteiger charge is 2.44. The van der Waals surface area contributed by atoms with Crippen LogP contribution >= 0.6 is 0 Å². The van der Waals surface area contributed by atoms with Gasteiger partial charge >= 0.3 is 0 Å². The van der Waals surface area contributed by atoms with E-state index in [-0.39, 0.29) is 11.1 Å². The summed E-state index contributed by atoms with van der Waals surface area (Å²) in [7, 11) is 2.29. The fraction of sp³-hybridized carbons (Fsp3) is 1.00. The second-order valence-electron chi connectivity index (χ2n) is 7.39. The van der Waals surface area contributed by atoms with Gasteiger partial charge in [0.1, 0.15) is 0 Å². The summed E-state index contributed by atoms with van der Waals surface area (Å²) < 4.78 is 6.03. The minimum absolute atomic E-state index is 0.0123. The Labute approximate surface area is 125 Å². The van der Waals surface area contributed by atoms with Crippen molar-refractivity contribution in [2.45, 2.75) is 76.4 Å². The molecular weight excluding hydrogens is 248 g/mol. The van der Waals surface area contributed by atoms with Crippen molar-refractivity contribution in [3.63, 3.8) is 0 Å². The Bertz CT molecular complexity index is 303. The number of nitrogens with two attached hydrogens (primary N) is 1. The number of likely N-dealkylation sites (N-methyl/N-ethyl adjacent to an activating group) is 1. The van der Waals surface area contributed by atoms with Crippen LogP contribution in [-0.2, 0) is 4.74 Å². The van der Waals surface area contributed by atoms with Gasteiger partial charge in [0.05, 0.1) is 5.60 Å². The molecule has 3 nitrogen and oxygen atoms in total. The normalized spacial score (nSPS) is 36.5. The maximum absolute atomic E-state index is 6.22. The van der Waals surface area contributed by atoms with E-state index in [0.29, 0.717) is 0 Å². The average Bonchev–Trinajstić information content (AvgIpc) is 2.48. The predicted molar refractivity (Wildman–Crippen MR) is 84.9 cm³/mol. The average molecular weight is 282 g/mol. The van der Waals surface area contributed by atoms with E-state index in [9.17, 15) is 0 Å². The zero-order valence-electron chi connectivity index (χ0n) is 13.8. The van der Waals surface area contributed by atoms with Crippen LogP contribution in [-0.4, -0.2) is 42.8 Å². The molecule has 2 N–H and O–H groups in total. The van der Waals surface area contributed by atoms with E-state index >= 15 is 0 Å². The highest BCUT2D eigenvalue weighted by Crippen LogP contribution is 2.38. The Morgan fingerprint density at radius 1 is 1.25 bits per heavy atom. The molecule has 0 aromatic heterocycles. The van der Waals surface area contributed by atoms with Gasteiger partial charge in [0.2, 0.25) is 0 Å². The first kappa shape index (κ1) is 16.3. The molecule has 1 saturated carbocycles. The van der Waals surface area contributed by atoms with Crippen molar-refractivity contribution in [3.05, 3.63) is 0 Å². The fourth-order valence-electron chi connectivity index (χ4n) is 4.16. The summed E-state index contributed by atoms with van der Waals surface area (Å²) in [6.07, 6.45) is 10.3. The summed E-state index contributed by atoms with van der Waals surface area (Å²) >= 11 is 0. The molecular formula is C17H34N2O. The summed E-state index contributed by atoms with van der Waals surface area (Å²) in [5.41, 5.74) is 6.39. The van der Waals surface area contributed by atoms with Crippen molar-refractivity contribution in [2.24, 2.45) is 11.7 Å². The van der Waals surface area contributed by atoms with Crippen molar-refractivity contribution in [3.8, 4) is 0 Å². The van der Waals surface area contributed by atoms with E-state index < -0.39 is 0 Å². The molecule has 0 amide bonds. The molecule has 2 fully saturated rings. The van der Waals surface area contributed by atoms with E-state index in [1.807, 2.05) is 0 Å². The topological polar surface area (TPSA) is 38.5 Å². The van der Waals surface area contributed by atoms with Gasteiger partial charge in [-0.15, -0.1) is 0 Å². The third kappa shape index (κ3) is 3.55. The van der Waals surface area contributed by atoms with Crippen molar-refractivity contribution in [2.75, 3.05) is 26.7 Å². The summed E-state index contributed by atoms with van der Waals surface area (Å²) in [6, 6.07) is 0.